The Morgan fingerprint density at radius 2 is 1.83 bits per heavy atom. The van der Waals surface area contributed by atoms with E-state index in [-0.39, 0.29) is 11.9 Å². The Hall–Kier alpha value is -3.06. The maximum absolute atomic E-state index is 13.5. The van der Waals surface area contributed by atoms with Crippen molar-refractivity contribution in [2.45, 2.75) is 11.5 Å². The number of carbonyl (C=O) groups is 2. The van der Waals surface area contributed by atoms with Crippen LogP contribution in [0.15, 0.2) is 42.5 Å². The summed E-state index contributed by atoms with van der Waals surface area (Å²) in [4.78, 5) is 28.3. The number of benzene rings is 2. The fourth-order valence-electron chi connectivity index (χ4n) is 4.94. The fourth-order valence-corrected chi connectivity index (χ4v) is 4.94. The summed E-state index contributed by atoms with van der Waals surface area (Å²) < 4.78 is 15.9. The number of carbonyl (C=O) groups excluding carboxylic acids is 2. The fraction of sp³-hybridized carbons (Fsp3) is 0.364. The molecule has 0 aliphatic carbocycles. The van der Waals surface area contributed by atoms with Gasteiger partial charge in [0.25, 0.3) is 0 Å². The third-order valence-corrected chi connectivity index (χ3v) is 6.10. The molecule has 0 bridgehead atoms. The summed E-state index contributed by atoms with van der Waals surface area (Å²) >= 11 is 0. The normalized spacial score (nSPS) is 25.6. The third-order valence-electron chi connectivity index (χ3n) is 6.10. The Bertz CT molecular complexity index is 975. The molecule has 0 saturated carbocycles. The van der Waals surface area contributed by atoms with Crippen LogP contribution in [0.4, 0.5) is 5.69 Å². The van der Waals surface area contributed by atoms with Gasteiger partial charge < -0.3 is 19.5 Å². The molecule has 2 aliphatic rings. The van der Waals surface area contributed by atoms with E-state index in [1.54, 1.807) is 14.2 Å². The Kier molecular flexibility index (Phi) is 4.70. The smallest absolute Gasteiger partial charge is 0.311 e. The monoisotopic (exact) mass is 396 g/mol. The lowest BCUT2D eigenvalue weighted by Crippen LogP contribution is -2.47. The summed E-state index contributed by atoms with van der Waals surface area (Å²) in [7, 11) is 6.43. The van der Waals surface area contributed by atoms with Gasteiger partial charge in [0.1, 0.15) is 5.41 Å². The van der Waals surface area contributed by atoms with Crippen molar-refractivity contribution >= 4 is 17.6 Å². The minimum atomic E-state index is -1.10. The highest BCUT2D eigenvalue weighted by Crippen LogP contribution is 2.57. The molecule has 1 spiro atoms. The van der Waals surface area contributed by atoms with Gasteiger partial charge in [-0.2, -0.15) is 0 Å². The molecule has 3 atom stereocenters. The number of likely N-dealkylation sites (tertiary alicyclic amines) is 1. The number of esters is 1. The maximum Gasteiger partial charge on any atom is 0.311 e. The minimum absolute atomic E-state index is 0.196. The minimum Gasteiger partial charge on any atom is -0.493 e. The molecule has 29 heavy (non-hydrogen) atoms. The third kappa shape index (κ3) is 2.61. The summed E-state index contributed by atoms with van der Waals surface area (Å²) in [5.74, 6) is -0.0577. The predicted molar refractivity (Wildman–Crippen MR) is 107 cm³/mol. The van der Waals surface area contributed by atoms with Crippen LogP contribution in [0.3, 0.4) is 0 Å². The Morgan fingerprint density at radius 1 is 1.10 bits per heavy atom. The van der Waals surface area contributed by atoms with Crippen molar-refractivity contribution in [1.29, 1.82) is 0 Å². The van der Waals surface area contributed by atoms with Crippen LogP contribution < -0.4 is 14.8 Å². The van der Waals surface area contributed by atoms with Crippen LogP contribution in [0.2, 0.25) is 0 Å². The van der Waals surface area contributed by atoms with Gasteiger partial charge in [-0.15, -0.1) is 0 Å². The molecule has 1 saturated heterocycles. The molecule has 1 amide bonds. The zero-order valence-corrected chi connectivity index (χ0v) is 16.9. The van der Waals surface area contributed by atoms with E-state index in [0.29, 0.717) is 18.0 Å². The molecular formula is C22H24N2O5. The number of likely N-dealkylation sites (N-methyl/N-ethyl adjacent to an activating group) is 1. The zero-order valence-electron chi connectivity index (χ0n) is 16.9. The van der Waals surface area contributed by atoms with Gasteiger partial charge in [0.15, 0.2) is 11.5 Å². The summed E-state index contributed by atoms with van der Waals surface area (Å²) in [5.41, 5.74) is 1.30. The lowest BCUT2D eigenvalue weighted by atomic mass is 9.67. The highest BCUT2D eigenvalue weighted by Gasteiger charge is 2.65. The van der Waals surface area contributed by atoms with Crippen LogP contribution in [0, 0.1) is 5.92 Å². The number of fused-ring (bicyclic) bond motifs is 2. The standard InChI is InChI=1S/C22H24N2O5/c1-24-12-15(20(25)29-4)22(14-7-5-6-8-16(14)23-21(22)26)19(24)13-9-10-17(27-2)18(11-13)28-3/h5-11,15,19H,12H2,1-4H3,(H,23,26)/t15-,19+,22-/m0/s1. The average Bonchev–Trinajstić information content (AvgIpc) is 3.21. The zero-order chi connectivity index (χ0) is 20.8. The molecule has 1 N–H and O–H groups in total. The lowest BCUT2D eigenvalue weighted by molar-refractivity contribution is -0.149. The maximum atomic E-state index is 13.5. The van der Waals surface area contributed by atoms with E-state index in [4.69, 9.17) is 14.2 Å². The molecule has 2 aromatic rings. The number of rotatable bonds is 4. The lowest BCUT2D eigenvalue weighted by Gasteiger charge is -2.35. The van der Waals surface area contributed by atoms with Gasteiger partial charge in [-0.25, -0.2) is 0 Å². The molecule has 7 nitrogen and oxygen atoms in total. The number of para-hydroxylation sites is 1. The van der Waals surface area contributed by atoms with Crippen molar-refractivity contribution in [2.75, 3.05) is 40.2 Å². The number of nitrogens with one attached hydrogen (secondary N) is 1. The van der Waals surface area contributed by atoms with Crippen LogP contribution in [0.5, 0.6) is 11.5 Å². The van der Waals surface area contributed by atoms with Crippen molar-refractivity contribution in [1.82, 2.24) is 4.90 Å². The average molecular weight is 396 g/mol. The van der Waals surface area contributed by atoms with E-state index in [1.165, 1.54) is 7.11 Å². The van der Waals surface area contributed by atoms with Crippen molar-refractivity contribution in [3.63, 3.8) is 0 Å². The largest absolute Gasteiger partial charge is 0.493 e. The number of hydrogen-bond acceptors (Lipinski definition) is 6. The molecule has 152 valence electrons. The molecule has 2 aromatic carbocycles. The number of hydrogen-bond donors (Lipinski definition) is 1. The summed E-state index contributed by atoms with van der Waals surface area (Å²) in [5, 5.41) is 2.98. The van der Waals surface area contributed by atoms with E-state index in [2.05, 4.69) is 5.32 Å². The second-order valence-corrected chi connectivity index (χ2v) is 7.40. The first-order chi connectivity index (χ1) is 14.0. The van der Waals surface area contributed by atoms with Crippen LogP contribution in [0.1, 0.15) is 17.2 Å². The number of anilines is 1. The van der Waals surface area contributed by atoms with Gasteiger partial charge in [-0.1, -0.05) is 24.3 Å². The second-order valence-electron chi connectivity index (χ2n) is 7.40. The highest BCUT2D eigenvalue weighted by molar-refractivity contribution is 6.10. The predicted octanol–water partition coefficient (Wildman–Crippen LogP) is 2.37. The van der Waals surface area contributed by atoms with E-state index in [9.17, 15) is 9.59 Å². The van der Waals surface area contributed by atoms with Gasteiger partial charge in [0, 0.05) is 12.2 Å². The summed E-state index contributed by atoms with van der Waals surface area (Å²) in [6.07, 6.45) is 0. The Labute approximate surface area is 169 Å². The molecule has 2 aliphatic heterocycles. The quantitative estimate of drug-likeness (QED) is 0.800. The summed E-state index contributed by atoms with van der Waals surface area (Å²) in [6.45, 7) is 0.396. The van der Waals surface area contributed by atoms with Gasteiger partial charge in [-0.3, -0.25) is 14.5 Å². The molecule has 0 aromatic heterocycles. The first kappa shape index (κ1) is 19.3. The molecule has 1 fully saturated rings. The molecule has 4 rings (SSSR count). The molecule has 2 heterocycles. The molecular weight excluding hydrogens is 372 g/mol. The van der Waals surface area contributed by atoms with E-state index < -0.39 is 17.3 Å². The van der Waals surface area contributed by atoms with Crippen LogP contribution >= 0.6 is 0 Å². The van der Waals surface area contributed by atoms with Gasteiger partial charge in [-0.05, 0) is 36.4 Å². The molecule has 7 heteroatoms. The van der Waals surface area contributed by atoms with E-state index in [1.807, 2.05) is 54.4 Å². The van der Waals surface area contributed by atoms with Crippen molar-refractivity contribution in [3.8, 4) is 11.5 Å². The Morgan fingerprint density at radius 3 is 2.52 bits per heavy atom. The van der Waals surface area contributed by atoms with Gasteiger partial charge in [0.2, 0.25) is 5.91 Å². The second kappa shape index (κ2) is 7.08. The first-order valence-electron chi connectivity index (χ1n) is 9.40. The SMILES string of the molecule is COC(=O)[C@@H]1CN(C)[C@H](c2ccc(OC)c(OC)c2)[C@@]12C(=O)Nc1ccccc12. The van der Waals surface area contributed by atoms with Gasteiger partial charge >= 0.3 is 5.97 Å². The van der Waals surface area contributed by atoms with Crippen molar-refractivity contribution < 1.29 is 23.8 Å². The van der Waals surface area contributed by atoms with Crippen LogP contribution in [0.25, 0.3) is 0 Å². The van der Waals surface area contributed by atoms with Crippen molar-refractivity contribution in [3.05, 3.63) is 53.6 Å². The summed E-state index contributed by atoms with van der Waals surface area (Å²) in [6, 6.07) is 12.8. The number of ether oxygens (including phenoxy) is 3. The van der Waals surface area contributed by atoms with Crippen molar-refractivity contribution in [2.24, 2.45) is 5.92 Å². The van der Waals surface area contributed by atoms with Crippen LogP contribution in [-0.4, -0.2) is 51.7 Å². The van der Waals surface area contributed by atoms with Gasteiger partial charge in [0.05, 0.1) is 33.3 Å². The van der Waals surface area contributed by atoms with E-state index >= 15 is 0 Å². The topological polar surface area (TPSA) is 77.1 Å². The highest BCUT2D eigenvalue weighted by atomic mass is 16.5. The molecule has 0 unspecified atom stereocenters. The van der Waals surface area contributed by atoms with Crippen LogP contribution in [-0.2, 0) is 19.7 Å². The number of methoxy groups -OCH3 is 3. The Balaban J connectivity index is 1.96. The number of nitrogens with zero attached hydrogens (tertiary/aromatic N) is 1. The van der Waals surface area contributed by atoms with E-state index in [0.717, 1.165) is 16.8 Å². The molecule has 0 radical (unpaired) electrons. The number of amides is 1. The first-order valence-corrected chi connectivity index (χ1v) is 9.40.